The van der Waals surface area contributed by atoms with Crippen LogP contribution in [0.25, 0.3) is 0 Å². The summed E-state index contributed by atoms with van der Waals surface area (Å²) >= 11 is 0. The molecule has 0 heteroatoms. The van der Waals surface area contributed by atoms with Gasteiger partial charge in [0.05, 0.1) is 0 Å². The summed E-state index contributed by atoms with van der Waals surface area (Å²) in [6, 6.07) is 0. The van der Waals surface area contributed by atoms with Gasteiger partial charge in [0.15, 0.2) is 0 Å². The van der Waals surface area contributed by atoms with Crippen molar-refractivity contribution in [2.45, 2.75) is 65.7 Å². The van der Waals surface area contributed by atoms with Gasteiger partial charge in [-0.15, -0.1) is 0 Å². The molecule has 0 unspecified atom stereocenters. The zero-order chi connectivity index (χ0) is 9.03. The molecule has 0 bridgehead atoms. The first-order chi connectivity index (χ1) is 5.76. The minimum Gasteiger partial charge on any atom is -0.0651 e. The largest absolute Gasteiger partial charge is 0.0651 e. The maximum Gasteiger partial charge on any atom is -0.0302 e. The van der Waals surface area contributed by atoms with Crippen molar-refractivity contribution >= 4 is 0 Å². The summed E-state index contributed by atoms with van der Waals surface area (Å²) in [5, 5.41) is 0. The fourth-order valence-electron chi connectivity index (χ4n) is 2.66. The highest BCUT2D eigenvalue weighted by atomic mass is 14.4. The van der Waals surface area contributed by atoms with E-state index in [1.165, 1.54) is 44.9 Å². The van der Waals surface area contributed by atoms with E-state index in [4.69, 9.17) is 0 Å². The highest BCUT2D eigenvalue weighted by Crippen LogP contribution is 2.44. The first-order valence-electron chi connectivity index (χ1n) is 5.76. The molecule has 1 saturated carbocycles. The molecule has 0 aromatic carbocycles. The third kappa shape index (κ3) is 2.02. The second kappa shape index (κ2) is 4.30. The van der Waals surface area contributed by atoms with Crippen LogP contribution in [0.15, 0.2) is 0 Å². The van der Waals surface area contributed by atoms with Crippen LogP contribution in [0.4, 0.5) is 0 Å². The Balaban J connectivity index is 2.42. The summed E-state index contributed by atoms with van der Waals surface area (Å²) in [6.07, 6.45) is 10.2. The fraction of sp³-hybridized carbons (Fsp3) is 1.00. The molecule has 0 aromatic rings. The van der Waals surface area contributed by atoms with Gasteiger partial charge in [-0.2, -0.15) is 0 Å². The molecule has 72 valence electrons. The van der Waals surface area contributed by atoms with Gasteiger partial charge in [-0.3, -0.25) is 0 Å². The Hall–Kier alpha value is 0. The maximum absolute atomic E-state index is 2.37. The van der Waals surface area contributed by atoms with Crippen LogP contribution in [0, 0.1) is 11.3 Å². The molecule has 0 atom stereocenters. The Morgan fingerprint density at radius 2 is 1.50 bits per heavy atom. The Labute approximate surface area is 77.7 Å². The third-order valence-electron chi connectivity index (χ3n) is 4.24. The van der Waals surface area contributed by atoms with Crippen molar-refractivity contribution in [3.63, 3.8) is 0 Å². The predicted octanol–water partition coefficient (Wildman–Crippen LogP) is 4.39. The van der Waals surface area contributed by atoms with E-state index < -0.39 is 0 Å². The molecular formula is C12H24. The highest BCUT2D eigenvalue weighted by molar-refractivity contribution is 4.83. The van der Waals surface area contributed by atoms with Gasteiger partial charge in [-0.1, -0.05) is 40.0 Å². The van der Waals surface area contributed by atoms with Crippen molar-refractivity contribution < 1.29 is 0 Å². The molecule has 0 N–H and O–H groups in total. The van der Waals surface area contributed by atoms with E-state index in [9.17, 15) is 0 Å². The van der Waals surface area contributed by atoms with Crippen molar-refractivity contribution in [1.82, 2.24) is 0 Å². The standard InChI is InChI=1S/C12H24/c1-4-11-7-9-12(5-2,6-3)10-8-11/h11H,4-10H2,1-3H3. The van der Waals surface area contributed by atoms with Crippen LogP contribution in [0.2, 0.25) is 0 Å². The molecule has 0 heterocycles. The molecule has 1 aliphatic rings. The van der Waals surface area contributed by atoms with Crippen LogP contribution in [0.1, 0.15) is 65.7 Å². The molecular weight excluding hydrogens is 144 g/mol. The van der Waals surface area contributed by atoms with Gasteiger partial charge in [0.1, 0.15) is 0 Å². The second-order valence-corrected chi connectivity index (χ2v) is 4.56. The molecule has 0 spiro atoms. The van der Waals surface area contributed by atoms with Gasteiger partial charge in [-0.05, 0) is 37.0 Å². The monoisotopic (exact) mass is 168 g/mol. The zero-order valence-electron chi connectivity index (χ0n) is 9.03. The molecule has 0 amide bonds. The number of hydrogen-bond acceptors (Lipinski definition) is 0. The van der Waals surface area contributed by atoms with Crippen LogP contribution in [-0.2, 0) is 0 Å². The Bertz CT molecular complexity index is 112. The van der Waals surface area contributed by atoms with E-state index in [0.717, 1.165) is 11.3 Å². The van der Waals surface area contributed by atoms with E-state index in [1.54, 1.807) is 0 Å². The quantitative estimate of drug-likeness (QED) is 0.586. The van der Waals surface area contributed by atoms with Crippen LogP contribution in [-0.4, -0.2) is 0 Å². The van der Waals surface area contributed by atoms with E-state index in [1.807, 2.05) is 0 Å². The smallest absolute Gasteiger partial charge is 0.0302 e. The summed E-state index contributed by atoms with van der Waals surface area (Å²) in [5.41, 5.74) is 0.742. The van der Waals surface area contributed by atoms with Gasteiger partial charge < -0.3 is 0 Å². The minimum absolute atomic E-state index is 0.742. The molecule has 12 heavy (non-hydrogen) atoms. The lowest BCUT2D eigenvalue weighted by molar-refractivity contribution is 0.134. The average molecular weight is 168 g/mol. The first-order valence-corrected chi connectivity index (χ1v) is 5.76. The summed E-state index contributed by atoms with van der Waals surface area (Å²) < 4.78 is 0. The second-order valence-electron chi connectivity index (χ2n) is 4.56. The molecule has 1 aliphatic carbocycles. The zero-order valence-corrected chi connectivity index (χ0v) is 9.03. The van der Waals surface area contributed by atoms with E-state index in [0.29, 0.717) is 0 Å². The fourth-order valence-corrected chi connectivity index (χ4v) is 2.66. The molecule has 0 radical (unpaired) electrons. The SMILES string of the molecule is CCC1CCC(CC)(CC)CC1. The highest BCUT2D eigenvalue weighted by Gasteiger charge is 2.31. The van der Waals surface area contributed by atoms with Gasteiger partial charge in [0.25, 0.3) is 0 Å². The Morgan fingerprint density at radius 3 is 1.83 bits per heavy atom. The molecule has 0 saturated heterocycles. The van der Waals surface area contributed by atoms with Gasteiger partial charge >= 0.3 is 0 Å². The van der Waals surface area contributed by atoms with Gasteiger partial charge in [-0.25, -0.2) is 0 Å². The number of hydrogen-bond donors (Lipinski definition) is 0. The summed E-state index contributed by atoms with van der Waals surface area (Å²) in [7, 11) is 0. The molecule has 1 rings (SSSR count). The normalized spacial score (nSPS) is 24.2. The van der Waals surface area contributed by atoms with Gasteiger partial charge in [0, 0.05) is 0 Å². The van der Waals surface area contributed by atoms with Crippen LogP contribution in [0.3, 0.4) is 0 Å². The average Bonchev–Trinajstić information content (AvgIpc) is 2.18. The van der Waals surface area contributed by atoms with E-state index in [-0.39, 0.29) is 0 Å². The maximum atomic E-state index is 2.37. The number of rotatable bonds is 3. The van der Waals surface area contributed by atoms with Crippen LogP contribution >= 0.6 is 0 Å². The van der Waals surface area contributed by atoms with Crippen molar-refractivity contribution in [1.29, 1.82) is 0 Å². The molecule has 0 nitrogen and oxygen atoms in total. The van der Waals surface area contributed by atoms with E-state index in [2.05, 4.69) is 20.8 Å². The predicted molar refractivity (Wildman–Crippen MR) is 55.3 cm³/mol. The topological polar surface area (TPSA) is 0 Å². The van der Waals surface area contributed by atoms with Crippen LogP contribution < -0.4 is 0 Å². The summed E-state index contributed by atoms with van der Waals surface area (Å²) in [5.74, 6) is 1.05. The van der Waals surface area contributed by atoms with Gasteiger partial charge in [0.2, 0.25) is 0 Å². The van der Waals surface area contributed by atoms with Crippen molar-refractivity contribution in [2.24, 2.45) is 11.3 Å². The lowest BCUT2D eigenvalue weighted by Crippen LogP contribution is -2.25. The third-order valence-corrected chi connectivity index (χ3v) is 4.24. The van der Waals surface area contributed by atoms with Crippen LogP contribution in [0.5, 0.6) is 0 Å². The minimum atomic E-state index is 0.742. The van der Waals surface area contributed by atoms with Crippen molar-refractivity contribution in [3.8, 4) is 0 Å². The summed E-state index contributed by atoms with van der Waals surface area (Å²) in [6.45, 7) is 7.08. The Morgan fingerprint density at radius 1 is 1.00 bits per heavy atom. The lowest BCUT2D eigenvalue weighted by atomic mass is 9.67. The van der Waals surface area contributed by atoms with E-state index >= 15 is 0 Å². The lowest BCUT2D eigenvalue weighted by Gasteiger charge is -2.39. The molecule has 0 aliphatic heterocycles. The first kappa shape index (κ1) is 10.1. The van der Waals surface area contributed by atoms with Crippen molar-refractivity contribution in [3.05, 3.63) is 0 Å². The summed E-state index contributed by atoms with van der Waals surface area (Å²) in [4.78, 5) is 0. The molecule has 0 aromatic heterocycles. The van der Waals surface area contributed by atoms with Crippen molar-refractivity contribution in [2.75, 3.05) is 0 Å². The molecule has 1 fully saturated rings. The Kier molecular flexibility index (Phi) is 3.61.